The van der Waals surface area contributed by atoms with Crippen LogP contribution in [0.5, 0.6) is 0 Å². The fraction of sp³-hybridized carbons (Fsp3) is 0.424. The van der Waals surface area contributed by atoms with Crippen LogP contribution in [-0.4, -0.2) is 62.3 Å². The van der Waals surface area contributed by atoms with Gasteiger partial charge in [-0.2, -0.15) is 25.3 Å². The highest BCUT2D eigenvalue weighted by Crippen LogP contribution is 2.51. The summed E-state index contributed by atoms with van der Waals surface area (Å²) in [5.41, 5.74) is 2.18. The molecule has 2 aromatic carbocycles. The van der Waals surface area contributed by atoms with E-state index in [-0.39, 0.29) is 29.2 Å². The fourth-order valence-corrected chi connectivity index (χ4v) is 7.61. The Kier molecular flexibility index (Phi) is 11.9. The Morgan fingerprint density at radius 3 is 2.10 bits per heavy atom. The summed E-state index contributed by atoms with van der Waals surface area (Å²) in [5, 5.41) is 9.06. The molecule has 1 atom stereocenters. The molecule has 0 saturated heterocycles. The van der Waals surface area contributed by atoms with Crippen molar-refractivity contribution in [2.45, 2.75) is 86.8 Å². The normalized spacial score (nSPS) is 18.1. The van der Waals surface area contributed by atoms with Gasteiger partial charge in [0.15, 0.2) is 0 Å². The van der Waals surface area contributed by atoms with E-state index in [0.717, 1.165) is 5.56 Å². The summed E-state index contributed by atoms with van der Waals surface area (Å²) in [6.07, 6.45) is 7.34. The third-order valence-electron chi connectivity index (χ3n) is 8.89. The molecule has 1 aliphatic heterocycles. The number of nitrogens with zero attached hydrogens (tertiary/aromatic N) is 1. The van der Waals surface area contributed by atoms with E-state index in [4.69, 9.17) is 5.11 Å². The van der Waals surface area contributed by atoms with E-state index >= 15 is 0 Å². The van der Waals surface area contributed by atoms with Gasteiger partial charge < -0.3 is 10.0 Å². The van der Waals surface area contributed by atoms with E-state index in [2.05, 4.69) is 6.58 Å². The lowest BCUT2D eigenvalue weighted by molar-refractivity contribution is -0.137. The molecule has 0 fully saturated rings. The van der Waals surface area contributed by atoms with E-state index in [0.29, 0.717) is 53.8 Å². The number of carbonyl (C=O) groups is 1. The maximum absolute atomic E-state index is 12.1. The Bertz CT molecular complexity index is 1960. The molecular weight excluding hydrogens is 683 g/mol. The largest absolute Gasteiger partial charge is 0.481 e. The Morgan fingerprint density at radius 1 is 0.917 bits per heavy atom. The third kappa shape index (κ3) is 9.42. The molecule has 264 valence electrons. The van der Waals surface area contributed by atoms with E-state index in [1.165, 1.54) is 30.3 Å². The van der Waals surface area contributed by atoms with Crippen LogP contribution >= 0.6 is 0 Å². The van der Waals surface area contributed by atoms with Crippen molar-refractivity contribution < 1.29 is 48.8 Å². The Hall–Kier alpha value is -3.34. The molecule has 0 saturated carbocycles. The highest BCUT2D eigenvalue weighted by atomic mass is 32.2. The Balaban J connectivity index is 2.11. The molecule has 3 rings (SSSR count). The van der Waals surface area contributed by atoms with Gasteiger partial charge in [0.2, 0.25) is 0 Å². The predicted molar refractivity (Wildman–Crippen MR) is 183 cm³/mol. The standard InChI is InChI=1S/C33H43NO11S3/c1-23-14-15-25(47(40,41)42)21-27(23)32(3,4)24(2)11-9-12-30-33(5,18-8-6-7-13-31(35)36)28-22-26(48(43,44)45)16-17-29(28)34(30)19-10-20-46(37,38)39/h9,11-12,14-17,21-22H,2,6-8,10,13,18-20H2,1,3-5H3,(H,35,36)(H,37,38,39)(H,40,41,42)(H,43,44,45)/b11-9+,30-12+. The number of hydrogen-bond donors (Lipinski definition) is 4. The first kappa shape index (κ1) is 39.1. The summed E-state index contributed by atoms with van der Waals surface area (Å²) in [6, 6.07) is 8.49. The molecule has 0 aliphatic carbocycles. The van der Waals surface area contributed by atoms with Gasteiger partial charge >= 0.3 is 5.97 Å². The lowest BCUT2D eigenvalue weighted by atomic mass is 9.76. The summed E-state index contributed by atoms with van der Waals surface area (Å²) >= 11 is 0. The van der Waals surface area contributed by atoms with Crippen LogP contribution in [0.3, 0.4) is 0 Å². The van der Waals surface area contributed by atoms with Crippen LogP contribution in [0.1, 0.15) is 76.0 Å². The lowest BCUT2D eigenvalue weighted by Gasteiger charge is -2.31. The highest BCUT2D eigenvalue weighted by Gasteiger charge is 2.43. The molecule has 0 amide bonds. The number of aryl methyl sites for hydroxylation is 1. The van der Waals surface area contributed by atoms with Gasteiger partial charge in [-0.05, 0) is 91.8 Å². The van der Waals surface area contributed by atoms with Crippen LogP contribution < -0.4 is 4.90 Å². The minimum absolute atomic E-state index is 0.00207. The number of hydrogen-bond acceptors (Lipinski definition) is 8. The van der Waals surface area contributed by atoms with Crippen molar-refractivity contribution in [3.63, 3.8) is 0 Å². The molecule has 0 aromatic heterocycles. The molecule has 48 heavy (non-hydrogen) atoms. The van der Waals surface area contributed by atoms with Crippen molar-refractivity contribution in [3.8, 4) is 0 Å². The van der Waals surface area contributed by atoms with Gasteiger partial charge in [0.1, 0.15) is 0 Å². The van der Waals surface area contributed by atoms with Crippen molar-refractivity contribution in [3.05, 3.63) is 89.2 Å². The van der Waals surface area contributed by atoms with Gasteiger partial charge in [-0.3, -0.25) is 18.5 Å². The predicted octanol–water partition coefficient (Wildman–Crippen LogP) is 5.85. The summed E-state index contributed by atoms with van der Waals surface area (Å²) in [5.74, 6) is -1.42. The van der Waals surface area contributed by atoms with E-state index in [1.807, 2.05) is 32.6 Å². The van der Waals surface area contributed by atoms with Gasteiger partial charge in [-0.1, -0.05) is 51.5 Å². The van der Waals surface area contributed by atoms with E-state index < -0.39 is 52.9 Å². The minimum Gasteiger partial charge on any atom is -0.481 e. The van der Waals surface area contributed by atoms with E-state index in [1.54, 1.807) is 24.3 Å². The molecule has 2 aromatic rings. The molecule has 4 N–H and O–H groups in total. The zero-order chi connectivity index (χ0) is 36.3. The average molecular weight is 726 g/mol. The minimum atomic E-state index is -4.57. The number of fused-ring (bicyclic) bond motifs is 1. The molecule has 1 heterocycles. The fourth-order valence-electron chi connectivity index (χ4n) is 6.10. The van der Waals surface area contributed by atoms with Gasteiger partial charge in [-0.15, -0.1) is 0 Å². The van der Waals surface area contributed by atoms with Crippen molar-refractivity contribution >= 4 is 42.0 Å². The summed E-state index contributed by atoms with van der Waals surface area (Å²) in [7, 11) is -13.3. The number of carboxylic acid groups (broad SMARTS) is 1. The number of anilines is 1. The topological polar surface area (TPSA) is 204 Å². The SMILES string of the molecule is C=C(/C=C/C=C1/N(CCCS(=O)(=O)O)c2ccc(S(=O)(=O)O)cc2C1(C)CCCCCC(=O)O)C(C)(C)c1cc(S(=O)(=O)O)ccc1C. The first-order valence-corrected chi connectivity index (χ1v) is 19.7. The molecule has 0 radical (unpaired) electrons. The zero-order valence-electron chi connectivity index (χ0n) is 27.4. The molecule has 0 bridgehead atoms. The van der Waals surface area contributed by atoms with Crippen LogP contribution in [0.25, 0.3) is 0 Å². The summed E-state index contributed by atoms with van der Waals surface area (Å²) in [6.45, 7) is 11.8. The lowest BCUT2D eigenvalue weighted by Crippen LogP contribution is -2.30. The first-order chi connectivity index (χ1) is 22.0. The second-order valence-corrected chi connectivity index (χ2v) is 17.2. The Morgan fingerprint density at radius 2 is 1.52 bits per heavy atom. The molecule has 1 unspecified atom stereocenters. The van der Waals surface area contributed by atoms with Crippen LogP contribution in [0, 0.1) is 6.92 Å². The van der Waals surface area contributed by atoms with Crippen LogP contribution in [0.4, 0.5) is 5.69 Å². The Labute approximate surface area is 283 Å². The maximum Gasteiger partial charge on any atom is 0.303 e. The number of unbranched alkanes of at least 4 members (excludes halogenated alkanes) is 2. The van der Waals surface area contributed by atoms with Crippen LogP contribution in [0.15, 0.2) is 82.3 Å². The zero-order valence-corrected chi connectivity index (χ0v) is 29.8. The molecular formula is C33H43NO11S3. The van der Waals surface area contributed by atoms with Crippen molar-refractivity contribution in [1.29, 1.82) is 0 Å². The van der Waals surface area contributed by atoms with Crippen LogP contribution in [-0.2, 0) is 46.0 Å². The van der Waals surface area contributed by atoms with Crippen molar-refractivity contribution in [2.75, 3.05) is 17.2 Å². The number of carboxylic acids is 1. The molecule has 1 aliphatic rings. The van der Waals surface area contributed by atoms with Gasteiger partial charge in [0.05, 0.1) is 15.5 Å². The number of aliphatic carboxylic acids is 1. The van der Waals surface area contributed by atoms with Crippen LogP contribution in [0.2, 0.25) is 0 Å². The summed E-state index contributed by atoms with van der Waals surface area (Å²) in [4.78, 5) is 12.3. The number of allylic oxidation sites excluding steroid dienone is 5. The third-order valence-corrected chi connectivity index (χ3v) is 11.4. The second kappa shape index (κ2) is 14.6. The first-order valence-electron chi connectivity index (χ1n) is 15.2. The van der Waals surface area contributed by atoms with Crippen molar-refractivity contribution in [2.24, 2.45) is 0 Å². The molecule has 0 spiro atoms. The quantitative estimate of drug-likeness (QED) is 0.0914. The maximum atomic E-state index is 12.1. The van der Waals surface area contributed by atoms with Gasteiger partial charge in [-0.25, -0.2) is 0 Å². The number of benzene rings is 2. The monoisotopic (exact) mass is 725 g/mol. The summed E-state index contributed by atoms with van der Waals surface area (Å²) < 4.78 is 99.8. The van der Waals surface area contributed by atoms with E-state index in [9.17, 15) is 43.7 Å². The molecule has 15 heteroatoms. The smallest absolute Gasteiger partial charge is 0.303 e. The van der Waals surface area contributed by atoms with Crippen molar-refractivity contribution in [1.82, 2.24) is 0 Å². The van der Waals surface area contributed by atoms with Gasteiger partial charge in [0.25, 0.3) is 30.4 Å². The average Bonchev–Trinajstić information content (AvgIpc) is 3.17. The number of rotatable bonds is 16. The highest BCUT2D eigenvalue weighted by molar-refractivity contribution is 7.86. The second-order valence-electron chi connectivity index (χ2n) is 12.7. The van der Waals surface area contributed by atoms with Gasteiger partial charge in [0, 0.05) is 35.2 Å². The molecule has 12 nitrogen and oxygen atoms in total.